The summed E-state index contributed by atoms with van der Waals surface area (Å²) in [5.74, 6) is -1.99. The molecule has 0 aliphatic carbocycles. The van der Waals surface area contributed by atoms with Gasteiger partial charge in [0.25, 0.3) is 11.8 Å². The van der Waals surface area contributed by atoms with Crippen molar-refractivity contribution in [1.29, 1.82) is 0 Å². The van der Waals surface area contributed by atoms with Crippen LogP contribution in [-0.2, 0) is 16.1 Å². The van der Waals surface area contributed by atoms with Crippen LogP contribution in [0.1, 0.15) is 22.3 Å². The van der Waals surface area contributed by atoms with Crippen molar-refractivity contribution in [2.75, 3.05) is 12.1 Å². The van der Waals surface area contributed by atoms with Crippen LogP contribution < -0.4 is 14.8 Å². The summed E-state index contributed by atoms with van der Waals surface area (Å²) in [6.45, 7) is 3.90. The molecule has 0 unspecified atom stereocenters. The molecule has 2 amide bonds. The van der Waals surface area contributed by atoms with E-state index in [-0.39, 0.29) is 30.3 Å². The first-order valence-corrected chi connectivity index (χ1v) is 10.6. The van der Waals surface area contributed by atoms with Gasteiger partial charge >= 0.3 is 0 Å². The van der Waals surface area contributed by atoms with Crippen LogP contribution in [0.4, 0.5) is 14.5 Å². The van der Waals surface area contributed by atoms with Gasteiger partial charge in [-0.3, -0.25) is 14.5 Å². The molecular weight excluding hydrogens is 442 g/mol. The van der Waals surface area contributed by atoms with E-state index < -0.39 is 23.4 Å². The molecule has 0 spiro atoms. The van der Waals surface area contributed by atoms with Gasteiger partial charge in [-0.1, -0.05) is 29.8 Å². The Bertz CT molecular complexity index is 1380. The van der Waals surface area contributed by atoms with Gasteiger partial charge in [0.2, 0.25) is 6.79 Å². The molecule has 0 fully saturated rings. The van der Waals surface area contributed by atoms with Gasteiger partial charge in [0.1, 0.15) is 5.70 Å². The van der Waals surface area contributed by atoms with E-state index in [4.69, 9.17) is 9.47 Å². The SMILES string of the molecule is Cc1ccc(C2=C(Nc3ccc(F)c(F)c3)C(=O)N(Cc3ccc4c(c3)OCO4)C2=O)c(C)c1. The summed E-state index contributed by atoms with van der Waals surface area (Å²) in [5, 5.41) is 2.85. The molecule has 0 aromatic heterocycles. The molecule has 0 radical (unpaired) electrons. The zero-order valence-corrected chi connectivity index (χ0v) is 18.4. The normalized spacial score (nSPS) is 14.9. The number of nitrogens with zero attached hydrogens (tertiary/aromatic N) is 1. The molecule has 2 heterocycles. The fourth-order valence-corrected chi connectivity index (χ4v) is 4.12. The van der Waals surface area contributed by atoms with E-state index in [1.807, 2.05) is 26.0 Å². The number of halogens is 2. The van der Waals surface area contributed by atoms with E-state index in [2.05, 4.69) is 5.32 Å². The topological polar surface area (TPSA) is 67.9 Å². The minimum absolute atomic E-state index is 0.00343. The predicted octanol–water partition coefficient (Wildman–Crippen LogP) is 4.70. The lowest BCUT2D eigenvalue weighted by molar-refractivity contribution is -0.137. The standard InChI is InChI=1S/C26H20F2N2O4/c1-14-3-6-18(15(2)9-14)23-24(29-17-5-7-19(27)20(28)11-17)26(32)30(25(23)31)12-16-4-8-21-22(10-16)34-13-33-21/h3-11,29H,12-13H2,1-2H3. The Morgan fingerprint density at radius 3 is 2.44 bits per heavy atom. The number of benzene rings is 3. The smallest absolute Gasteiger partial charge is 0.278 e. The van der Waals surface area contributed by atoms with Crippen molar-refractivity contribution in [1.82, 2.24) is 4.90 Å². The number of hydrogen-bond acceptors (Lipinski definition) is 5. The number of anilines is 1. The monoisotopic (exact) mass is 462 g/mol. The summed E-state index contributed by atoms with van der Waals surface area (Å²) in [6, 6.07) is 14.0. The van der Waals surface area contributed by atoms with Crippen LogP contribution in [0.3, 0.4) is 0 Å². The van der Waals surface area contributed by atoms with Crippen molar-refractivity contribution < 1.29 is 27.8 Å². The Balaban J connectivity index is 1.54. The summed E-state index contributed by atoms with van der Waals surface area (Å²) in [5.41, 5.74) is 3.41. The highest BCUT2D eigenvalue weighted by Crippen LogP contribution is 2.36. The second-order valence-corrected chi connectivity index (χ2v) is 8.21. The summed E-state index contributed by atoms with van der Waals surface area (Å²) in [4.78, 5) is 28.1. The second kappa shape index (κ2) is 8.30. The molecule has 2 aliphatic rings. The van der Waals surface area contributed by atoms with Gasteiger partial charge in [-0.05, 0) is 54.8 Å². The van der Waals surface area contributed by atoms with Crippen LogP contribution in [-0.4, -0.2) is 23.5 Å². The number of ether oxygens (including phenoxy) is 2. The van der Waals surface area contributed by atoms with Crippen molar-refractivity contribution in [3.05, 3.63) is 94.2 Å². The number of hydrogen-bond donors (Lipinski definition) is 1. The molecule has 6 nitrogen and oxygen atoms in total. The van der Waals surface area contributed by atoms with Crippen LogP contribution in [0.15, 0.2) is 60.3 Å². The average Bonchev–Trinajstić information content (AvgIpc) is 3.35. The molecule has 5 rings (SSSR count). The third-order valence-corrected chi connectivity index (χ3v) is 5.79. The van der Waals surface area contributed by atoms with Crippen molar-refractivity contribution in [2.24, 2.45) is 0 Å². The van der Waals surface area contributed by atoms with Gasteiger partial charge < -0.3 is 14.8 Å². The average molecular weight is 462 g/mol. The van der Waals surface area contributed by atoms with Gasteiger partial charge in [-0.15, -0.1) is 0 Å². The zero-order chi connectivity index (χ0) is 24.0. The van der Waals surface area contributed by atoms with E-state index >= 15 is 0 Å². The molecule has 3 aromatic rings. The molecule has 172 valence electrons. The quantitative estimate of drug-likeness (QED) is 0.557. The zero-order valence-electron chi connectivity index (χ0n) is 18.4. The number of fused-ring (bicyclic) bond motifs is 1. The molecule has 0 bridgehead atoms. The number of amides is 2. The lowest BCUT2D eigenvalue weighted by Crippen LogP contribution is -2.32. The first-order chi connectivity index (χ1) is 16.3. The van der Waals surface area contributed by atoms with Gasteiger partial charge in [-0.25, -0.2) is 8.78 Å². The first-order valence-electron chi connectivity index (χ1n) is 10.6. The molecule has 2 aliphatic heterocycles. The molecule has 0 atom stereocenters. The van der Waals surface area contributed by atoms with Gasteiger partial charge in [0, 0.05) is 11.8 Å². The summed E-state index contributed by atoms with van der Waals surface area (Å²) < 4.78 is 37.9. The summed E-state index contributed by atoms with van der Waals surface area (Å²) in [6.07, 6.45) is 0. The lowest BCUT2D eigenvalue weighted by atomic mass is 9.97. The van der Waals surface area contributed by atoms with Gasteiger partial charge in [-0.2, -0.15) is 0 Å². The molecule has 1 N–H and O–H groups in total. The number of nitrogens with one attached hydrogen (secondary N) is 1. The van der Waals surface area contributed by atoms with Gasteiger partial charge in [0.05, 0.1) is 12.1 Å². The molecule has 0 saturated carbocycles. The number of carbonyl (C=O) groups is 2. The van der Waals surface area contributed by atoms with Crippen molar-refractivity contribution in [3.8, 4) is 11.5 Å². The Kier molecular flexibility index (Phi) is 5.28. The molecular formula is C26H20F2N2O4. The van der Waals surface area contributed by atoms with Crippen molar-refractivity contribution in [3.63, 3.8) is 0 Å². The number of aryl methyl sites for hydroxylation is 2. The van der Waals surface area contributed by atoms with Crippen LogP contribution in [0.5, 0.6) is 11.5 Å². The van der Waals surface area contributed by atoms with Crippen molar-refractivity contribution in [2.45, 2.75) is 20.4 Å². The third-order valence-electron chi connectivity index (χ3n) is 5.79. The number of carbonyl (C=O) groups excluding carboxylic acids is 2. The first kappa shape index (κ1) is 21.6. The third kappa shape index (κ3) is 3.77. The highest BCUT2D eigenvalue weighted by atomic mass is 19.2. The van der Waals surface area contributed by atoms with Crippen LogP contribution in [0.25, 0.3) is 5.57 Å². The van der Waals surface area contributed by atoms with Crippen LogP contribution in [0.2, 0.25) is 0 Å². The Morgan fingerprint density at radius 2 is 1.68 bits per heavy atom. The van der Waals surface area contributed by atoms with Crippen molar-refractivity contribution >= 4 is 23.1 Å². The van der Waals surface area contributed by atoms with E-state index in [1.165, 1.54) is 6.07 Å². The summed E-state index contributed by atoms with van der Waals surface area (Å²) in [7, 11) is 0. The molecule has 3 aromatic carbocycles. The molecule has 0 saturated heterocycles. The highest BCUT2D eigenvalue weighted by Gasteiger charge is 2.40. The van der Waals surface area contributed by atoms with E-state index in [9.17, 15) is 18.4 Å². The number of rotatable bonds is 5. The van der Waals surface area contributed by atoms with Crippen LogP contribution in [0, 0.1) is 25.5 Å². The maximum absolute atomic E-state index is 13.8. The largest absolute Gasteiger partial charge is 0.454 e. The minimum atomic E-state index is -1.06. The maximum Gasteiger partial charge on any atom is 0.278 e. The Morgan fingerprint density at radius 1 is 0.882 bits per heavy atom. The van der Waals surface area contributed by atoms with E-state index in [1.54, 1.807) is 24.3 Å². The van der Waals surface area contributed by atoms with Crippen LogP contribution >= 0.6 is 0 Å². The predicted molar refractivity (Wildman–Crippen MR) is 121 cm³/mol. The number of imide groups is 1. The lowest BCUT2D eigenvalue weighted by Gasteiger charge is -2.16. The second-order valence-electron chi connectivity index (χ2n) is 8.21. The van der Waals surface area contributed by atoms with E-state index in [0.29, 0.717) is 22.6 Å². The summed E-state index contributed by atoms with van der Waals surface area (Å²) >= 11 is 0. The Labute approximate surface area is 194 Å². The molecule has 8 heteroatoms. The fraction of sp³-hybridized carbons (Fsp3) is 0.154. The maximum atomic E-state index is 13.8. The minimum Gasteiger partial charge on any atom is -0.454 e. The van der Waals surface area contributed by atoms with E-state index in [0.717, 1.165) is 28.2 Å². The van der Waals surface area contributed by atoms with Gasteiger partial charge in [0.15, 0.2) is 23.1 Å². The molecule has 34 heavy (non-hydrogen) atoms. The fourth-order valence-electron chi connectivity index (χ4n) is 4.12. The Hall–Kier alpha value is -4.20. The highest BCUT2D eigenvalue weighted by molar-refractivity contribution is 6.36.